The van der Waals surface area contributed by atoms with Crippen LogP contribution in [-0.4, -0.2) is 42.8 Å². The number of nitrogens with zero attached hydrogens (tertiary/aromatic N) is 1. The zero-order valence-corrected chi connectivity index (χ0v) is 13.6. The van der Waals surface area contributed by atoms with Crippen molar-refractivity contribution in [3.05, 3.63) is 0 Å². The molecule has 0 saturated heterocycles. The van der Waals surface area contributed by atoms with Gasteiger partial charge in [-0.2, -0.15) is 0 Å². The van der Waals surface area contributed by atoms with Crippen LogP contribution in [0.4, 0.5) is 4.79 Å². The minimum Gasteiger partial charge on any atom is -0.444 e. The topological polar surface area (TPSA) is 41.6 Å². The maximum Gasteiger partial charge on any atom is 0.410 e. The monoisotopic (exact) mass is 272 g/mol. The second-order valence-corrected chi connectivity index (χ2v) is 6.18. The zero-order chi connectivity index (χ0) is 14.9. The average Bonchev–Trinajstić information content (AvgIpc) is 2.30. The maximum absolute atomic E-state index is 12.0. The minimum absolute atomic E-state index is 0.209. The zero-order valence-electron chi connectivity index (χ0n) is 13.6. The summed E-state index contributed by atoms with van der Waals surface area (Å²) in [5, 5.41) is 3.39. The van der Waals surface area contributed by atoms with Gasteiger partial charge in [0.1, 0.15) is 5.60 Å². The Morgan fingerprint density at radius 2 is 1.89 bits per heavy atom. The molecule has 0 bridgehead atoms. The second-order valence-electron chi connectivity index (χ2n) is 6.18. The van der Waals surface area contributed by atoms with Crippen LogP contribution in [0, 0.1) is 5.92 Å². The van der Waals surface area contributed by atoms with Gasteiger partial charge in [-0.25, -0.2) is 4.79 Å². The van der Waals surface area contributed by atoms with Gasteiger partial charge >= 0.3 is 6.09 Å². The van der Waals surface area contributed by atoms with Crippen LogP contribution < -0.4 is 5.32 Å². The standard InChI is InChI=1S/C15H32N2O2/c1-7-10-17(14(18)19-15(4,5)6)11-9-16-12-13(3)8-2/h13,16H,7-12H2,1-6H3. The molecule has 4 nitrogen and oxygen atoms in total. The summed E-state index contributed by atoms with van der Waals surface area (Å²) in [5.74, 6) is 0.682. The molecule has 0 aromatic heterocycles. The first-order chi connectivity index (χ1) is 8.80. The van der Waals surface area contributed by atoms with Crippen molar-refractivity contribution in [1.29, 1.82) is 0 Å². The van der Waals surface area contributed by atoms with Gasteiger partial charge in [0.2, 0.25) is 0 Å². The summed E-state index contributed by atoms with van der Waals surface area (Å²) in [6.45, 7) is 15.5. The van der Waals surface area contributed by atoms with Crippen molar-refractivity contribution in [2.75, 3.05) is 26.2 Å². The first kappa shape index (κ1) is 18.2. The lowest BCUT2D eigenvalue weighted by atomic mass is 10.1. The molecule has 0 aliphatic heterocycles. The highest BCUT2D eigenvalue weighted by atomic mass is 16.6. The fraction of sp³-hybridized carbons (Fsp3) is 0.933. The van der Waals surface area contributed by atoms with Crippen LogP contribution in [0.1, 0.15) is 54.4 Å². The second kappa shape index (κ2) is 9.18. The summed E-state index contributed by atoms with van der Waals surface area (Å²) in [7, 11) is 0. The first-order valence-corrected chi connectivity index (χ1v) is 7.48. The number of nitrogens with one attached hydrogen (secondary N) is 1. The highest BCUT2D eigenvalue weighted by Gasteiger charge is 2.21. The van der Waals surface area contributed by atoms with E-state index in [2.05, 4.69) is 26.1 Å². The molecule has 1 N–H and O–H groups in total. The summed E-state index contributed by atoms with van der Waals surface area (Å²) >= 11 is 0. The predicted molar refractivity (Wildman–Crippen MR) is 80.4 cm³/mol. The molecule has 19 heavy (non-hydrogen) atoms. The van der Waals surface area contributed by atoms with Gasteiger partial charge in [0.15, 0.2) is 0 Å². The third-order valence-electron chi connectivity index (χ3n) is 2.89. The average molecular weight is 272 g/mol. The van der Waals surface area contributed by atoms with E-state index in [4.69, 9.17) is 4.74 Å². The van der Waals surface area contributed by atoms with Gasteiger partial charge < -0.3 is 15.0 Å². The van der Waals surface area contributed by atoms with Gasteiger partial charge in [0, 0.05) is 19.6 Å². The van der Waals surface area contributed by atoms with Gasteiger partial charge in [-0.05, 0) is 39.7 Å². The number of rotatable bonds is 8. The number of amides is 1. The highest BCUT2D eigenvalue weighted by molar-refractivity contribution is 5.68. The van der Waals surface area contributed by atoms with Crippen molar-refractivity contribution in [3.63, 3.8) is 0 Å². The largest absolute Gasteiger partial charge is 0.444 e. The Morgan fingerprint density at radius 3 is 2.37 bits per heavy atom. The number of carbonyl (C=O) groups excluding carboxylic acids is 1. The van der Waals surface area contributed by atoms with E-state index in [1.165, 1.54) is 6.42 Å². The van der Waals surface area contributed by atoms with Crippen LogP contribution in [0.5, 0.6) is 0 Å². The molecule has 0 aromatic carbocycles. The van der Waals surface area contributed by atoms with Gasteiger partial charge in [0.05, 0.1) is 0 Å². The molecule has 4 heteroatoms. The Balaban J connectivity index is 4.08. The summed E-state index contributed by atoms with van der Waals surface area (Å²) in [5.41, 5.74) is -0.423. The first-order valence-electron chi connectivity index (χ1n) is 7.48. The van der Waals surface area contributed by atoms with E-state index < -0.39 is 5.60 Å². The number of carbonyl (C=O) groups is 1. The third-order valence-corrected chi connectivity index (χ3v) is 2.89. The molecule has 1 atom stereocenters. The van der Waals surface area contributed by atoms with E-state index in [0.29, 0.717) is 12.5 Å². The molecule has 1 amide bonds. The lowest BCUT2D eigenvalue weighted by Gasteiger charge is -2.27. The molecule has 114 valence electrons. The van der Waals surface area contributed by atoms with E-state index in [0.717, 1.165) is 26.1 Å². The molecule has 0 radical (unpaired) electrons. The van der Waals surface area contributed by atoms with Crippen LogP contribution in [-0.2, 0) is 4.74 Å². The Bertz CT molecular complexity index is 249. The molecular weight excluding hydrogens is 240 g/mol. The Hall–Kier alpha value is -0.770. The molecule has 1 unspecified atom stereocenters. The number of hydrogen-bond donors (Lipinski definition) is 1. The van der Waals surface area contributed by atoms with Crippen molar-refractivity contribution in [3.8, 4) is 0 Å². The number of hydrogen-bond acceptors (Lipinski definition) is 3. The fourth-order valence-corrected chi connectivity index (χ4v) is 1.60. The van der Waals surface area contributed by atoms with Crippen molar-refractivity contribution in [2.45, 2.75) is 60.0 Å². The van der Waals surface area contributed by atoms with Crippen molar-refractivity contribution in [2.24, 2.45) is 5.92 Å². The van der Waals surface area contributed by atoms with Crippen LogP contribution in [0.25, 0.3) is 0 Å². The lowest BCUT2D eigenvalue weighted by molar-refractivity contribution is 0.0251. The van der Waals surface area contributed by atoms with Gasteiger partial charge in [0.25, 0.3) is 0 Å². The fourth-order valence-electron chi connectivity index (χ4n) is 1.60. The predicted octanol–water partition coefficient (Wildman–Crippen LogP) is 3.27. The summed E-state index contributed by atoms with van der Waals surface area (Å²) in [4.78, 5) is 13.8. The molecule has 0 saturated carbocycles. The lowest BCUT2D eigenvalue weighted by Crippen LogP contribution is -2.41. The van der Waals surface area contributed by atoms with Crippen molar-refractivity contribution in [1.82, 2.24) is 10.2 Å². The number of ether oxygens (including phenoxy) is 1. The van der Waals surface area contributed by atoms with E-state index in [9.17, 15) is 4.79 Å². The molecule has 0 fully saturated rings. The van der Waals surface area contributed by atoms with Crippen LogP contribution >= 0.6 is 0 Å². The third kappa shape index (κ3) is 9.77. The molecule has 0 aliphatic carbocycles. The smallest absolute Gasteiger partial charge is 0.410 e. The SMILES string of the molecule is CCCN(CCNCC(C)CC)C(=O)OC(C)(C)C. The van der Waals surface area contributed by atoms with Gasteiger partial charge in [-0.3, -0.25) is 0 Å². The maximum atomic E-state index is 12.0. The molecular formula is C15H32N2O2. The van der Waals surface area contributed by atoms with Crippen molar-refractivity contribution >= 4 is 6.09 Å². The van der Waals surface area contributed by atoms with Crippen LogP contribution in [0.3, 0.4) is 0 Å². The van der Waals surface area contributed by atoms with Crippen LogP contribution in [0.15, 0.2) is 0 Å². The Morgan fingerprint density at radius 1 is 1.26 bits per heavy atom. The molecule has 0 aromatic rings. The van der Waals surface area contributed by atoms with Crippen molar-refractivity contribution < 1.29 is 9.53 Å². The van der Waals surface area contributed by atoms with E-state index in [1.807, 2.05) is 20.8 Å². The molecule has 0 spiro atoms. The quantitative estimate of drug-likeness (QED) is 0.690. The van der Waals surface area contributed by atoms with E-state index >= 15 is 0 Å². The summed E-state index contributed by atoms with van der Waals surface area (Å²) in [6, 6.07) is 0. The molecule has 0 rings (SSSR count). The van der Waals surface area contributed by atoms with Gasteiger partial charge in [-0.1, -0.05) is 27.2 Å². The highest BCUT2D eigenvalue weighted by Crippen LogP contribution is 2.10. The normalized spacial score (nSPS) is 13.2. The molecule has 0 heterocycles. The van der Waals surface area contributed by atoms with E-state index in [-0.39, 0.29) is 6.09 Å². The van der Waals surface area contributed by atoms with E-state index in [1.54, 1.807) is 4.90 Å². The summed E-state index contributed by atoms with van der Waals surface area (Å²) in [6.07, 6.45) is 1.92. The van der Waals surface area contributed by atoms with Gasteiger partial charge in [-0.15, -0.1) is 0 Å². The molecule has 0 aliphatic rings. The van der Waals surface area contributed by atoms with Crippen LogP contribution in [0.2, 0.25) is 0 Å². The Kier molecular flexibility index (Phi) is 8.81. The summed E-state index contributed by atoms with van der Waals surface area (Å²) < 4.78 is 5.41. The minimum atomic E-state index is -0.423. The Labute approximate surface area is 118 Å².